The summed E-state index contributed by atoms with van der Waals surface area (Å²) in [5.74, 6) is 0.992. The van der Waals surface area contributed by atoms with E-state index < -0.39 is 5.97 Å². The molecule has 6 heteroatoms. The summed E-state index contributed by atoms with van der Waals surface area (Å²) in [6.45, 7) is 13.9. The van der Waals surface area contributed by atoms with Gasteiger partial charge in [-0.3, -0.25) is 19.3 Å². The van der Waals surface area contributed by atoms with E-state index in [1.165, 1.54) is 5.57 Å². The molecule has 6 aliphatic rings. The lowest BCUT2D eigenvalue weighted by Crippen LogP contribution is -2.63. The Morgan fingerprint density at radius 3 is 2.44 bits per heavy atom. The molecule has 5 aliphatic carbocycles. The highest BCUT2D eigenvalue weighted by Gasteiger charge is 2.65. The van der Waals surface area contributed by atoms with Crippen molar-refractivity contribution < 1.29 is 24.2 Å². The van der Waals surface area contributed by atoms with E-state index in [1.54, 1.807) is 0 Å². The van der Waals surface area contributed by atoms with Crippen molar-refractivity contribution in [1.29, 1.82) is 0 Å². The third kappa shape index (κ3) is 4.55. The van der Waals surface area contributed by atoms with E-state index in [0.29, 0.717) is 42.6 Å². The SMILES string of the molecule is CCOC(=O)C1CCCN(C2CCC3(C)C(CCC4(C)C5CCC6(C)CCC(C(=O)O)CC6C5=CC(=O)C43)C2C)C1. The summed E-state index contributed by atoms with van der Waals surface area (Å²) in [7, 11) is 0. The average molecular weight is 568 g/mol. The Bertz CT molecular complexity index is 1120. The average Bonchev–Trinajstić information content (AvgIpc) is 2.92. The van der Waals surface area contributed by atoms with E-state index in [2.05, 4.69) is 38.7 Å². The molecule has 0 aromatic heterocycles. The second-order valence-electron chi connectivity index (χ2n) is 15.8. The Balaban J connectivity index is 1.25. The van der Waals surface area contributed by atoms with Crippen LogP contribution >= 0.6 is 0 Å². The smallest absolute Gasteiger partial charge is 0.310 e. The number of nitrogens with zero attached hydrogens (tertiary/aromatic N) is 1. The van der Waals surface area contributed by atoms with Crippen LogP contribution in [0.3, 0.4) is 0 Å². The molecule has 1 heterocycles. The molecule has 0 amide bonds. The van der Waals surface area contributed by atoms with Gasteiger partial charge in [0.2, 0.25) is 0 Å². The number of hydrogen-bond donors (Lipinski definition) is 1. The maximum Gasteiger partial charge on any atom is 0.310 e. The highest BCUT2D eigenvalue weighted by molar-refractivity contribution is 5.95. The van der Waals surface area contributed by atoms with Crippen molar-refractivity contribution in [2.24, 2.45) is 57.7 Å². The van der Waals surface area contributed by atoms with Crippen LogP contribution < -0.4 is 0 Å². The van der Waals surface area contributed by atoms with Gasteiger partial charge < -0.3 is 9.84 Å². The molecule has 1 N–H and O–H groups in total. The number of allylic oxidation sites excluding steroid dienone is 2. The number of carbonyl (C=O) groups is 3. The van der Waals surface area contributed by atoms with Gasteiger partial charge in [0.1, 0.15) is 0 Å². The second-order valence-corrected chi connectivity index (χ2v) is 15.8. The predicted octanol–water partition coefficient (Wildman–Crippen LogP) is 6.53. The van der Waals surface area contributed by atoms with E-state index in [1.807, 2.05) is 6.92 Å². The number of likely N-dealkylation sites (tertiary alicyclic amines) is 1. The number of carbonyl (C=O) groups excluding carboxylic acids is 2. The van der Waals surface area contributed by atoms with Gasteiger partial charge in [0.25, 0.3) is 0 Å². The zero-order chi connectivity index (χ0) is 29.3. The van der Waals surface area contributed by atoms with Crippen molar-refractivity contribution in [2.45, 2.75) is 111 Å². The van der Waals surface area contributed by atoms with E-state index in [0.717, 1.165) is 77.3 Å². The van der Waals surface area contributed by atoms with Gasteiger partial charge >= 0.3 is 11.9 Å². The van der Waals surface area contributed by atoms with Crippen LogP contribution in [-0.4, -0.2) is 53.5 Å². The van der Waals surface area contributed by atoms with E-state index >= 15 is 0 Å². The van der Waals surface area contributed by atoms with Crippen LogP contribution in [0, 0.1) is 57.7 Å². The third-order valence-electron chi connectivity index (χ3n) is 13.9. The van der Waals surface area contributed by atoms with E-state index in [-0.39, 0.29) is 45.9 Å². The third-order valence-corrected chi connectivity index (χ3v) is 13.9. The van der Waals surface area contributed by atoms with Crippen molar-refractivity contribution in [2.75, 3.05) is 19.7 Å². The van der Waals surface area contributed by atoms with Gasteiger partial charge in [0.15, 0.2) is 5.78 Å². The molecular formula is C35H53NO5. The van der Waals surface area contributed by atoms with Crippen LogP contribution in [0.4, 0.5) is 0 Å². The Hall–Kier alpha value is -1.69. The van der Waals surface area contributed by atoms with Gasteiger partial charge in [0, 0.05) is 18.5 Å². The standard InChI is InChI=1S/C35H53NO5/c1-6-41-32(40)23-8-7-17-36(20-23)28-12-16-34(4)25(21(28)2)11-15-35(5)26-10-14-33(3)13-9-22(31(38)39)18-27(33)24(26)19-29(37)30(34)35/h19,21-23,25-28,30H,6-18,20H2,1-5H3,(H,38,39). The lowest BCUT2D eigenvalue weighted by Gasteiger charge is -2.66. The number of rotatable bonds is 4. The predicted molar refractivity (Wildman–Crippen MR) is 158 cm³/mol. The van der Waals surface area contributed by atoms with Gasteiger partial charge in [-0.05, 0) is 130 Å². The highest BCUT2D eigenvalue weighted by Crippen LogP contribution is 2.69. The fourth-order valence-corrected chi connectivity index (χ4v) is 11.9. The number of piperidine rings is 1. The molecule has 0 aromatic rings. The topological polar surface area (TPSA) is 83.9 Å². The second kappa shape index (κ2) is 10.5. The summed E-state index contributed by atoms with van der Waals surface area (Å²) in [6, 6.07) is 0.463. The summed E-state index contributed by atoms with van der Waals surface area (Å²) < 4.78 is 5.39. The molecule has 1 aliphatic heterocycles. The molecule has 41 heavy (non-hydrogen) atoms. The molecule has 0 bridgehead atoms. The van der Waals surface area contributed by atoms with Crippen LogP contribution in [0.5, 0.6) is 0 Å². The lowest BCUT2D eigenvalue weighted by atomic mass is 9.38. The number of carboxylic acids is 1. The molecule has 0 aromatic carbocycles. The summed E-state index contributed by atoms with van der Waals surface area (Å²) in [6.07, 6.45) is 13.1. The van der Waals surface area contributed by atoms with Gasteiger partial charge in [-0.1, -0.05) is 33.3 Å². The minimum Gasteiger partial charge on any atom is -0.481 e. The number of ether oxygens (including phenoxy) is 1. The number of carboxylic acid groups (broad SMARTS) is 1. The van der Waals surface area contributed by atoms with Crippen molar-refractivity contribution >= 4 is 17.7 Å². The van der Waals surface area contributed by atoms with Crippen LogP contribution in [0.25, 0.3) is 0 Å². The monoisotopic (exact) mass is 567 g/mol. The Morgan fingerprint density at radius 1 is 0.976 bits per heavy atom. The molecule has 4 saturated carbocycles. The molecule has 6 rings (SSSR count). The van der Waals surface area contributed by atoms with Crippen LogP contribution in [0.15, 0.2) is 11.6 Å². The molecule has 0 spiro atoms. The van der Waals surface area contributed by atoms with Crippen molar-refractivity contribution in [3.63, 3.8) is 0 Å². The van der Waals surface area contributed by atoms with Gasteiger partial charge in [-0.25, -0.2) is 0 Å². The molecule has 11 unspecified atom stereocenters. The summed E-state index contributed by atoms with van der Waals surface area (Å²) >= 11 is 0. The number of hydrogen-bond acceptors (Lipinski definition) is 5. The van der Waals surface area contributed by atoms with Crippen LogP contribution in [0.1, 0.15) is 105 Å². The van der Waals surface area contributed by atoms with E-state index in [4.69, 9.17) is 4.74 Å². The first-order chi connectivity index (χ1) is 19.4. The molecule has 6 nitrogen and oxygen atoms in total. The fraction of sp³-hybridized carbons (Fsp3) is 0.857. The molecule has 5 fully saturated rings. The van der Waals surface area contributed by atoms with E-state index in [9.17, 15) is 19.5 Å². The number of ketones is 1. The Labute approximate surface area is 247 Å². The first-order valence-corrected chi connectivity index (χ1v) is 16.8. The zero-order valence-corrected chi connectivity index (χ0v) is 26.1. The number of fused-ring (bicyclic) bond motifs is 7. The first kappa shape index (κ1) is 29.4. The van der Waals surface area contributed by atoms with Crippen LogP contribution in [0.2, 0.25) is 0 Å². The normalized spacial score (nSPS) is 48.1. The first-order valence-electron chi connectivity index (χ1n) is 16.8. The highest BCUT2D eigenvalue weighted by atomic mass is 16.5. The van der Waals surface area contributed by atoms with Gasteiger partial charge in [-0.15, -0.1) is 0 Å². The van der Waals surface area contributed by atoms with Crippen LogP contribution in [-0.2, 0) is 19.1 Å². The zero-order valence-electron chi connectivity index (χ0n) is 26.1. The molecule has 0 radical (unpaired) electrons. The summed E-state index contributed by atoms with van der Waals surface area (Å²) in [5.41, 5.74) is 1.38. The van der Waals surface area contributed by atoms with Crippen molar-refractivity contribution in [3.8, 4) is 0 Å². The summed E-state index contributed by atoms with van der Waals surface area (Å²) in [4.78, 5) is 41.5. The molecule has 11 atom stereocenters. The quantitative estimate of drug-likeness (QED) is 0.389. The van der Waals surface area contributed by atoms with Crippen molar-refractivity contribution in [3.05, 3.63) is 11.6 Å². The Kier molecular flexibility index (Phi) is 7.52. The minimum atomic E-state index is -0.665. The molecule has 1 saturated heterocycles. The lowest BCUT2D eigenvalue weighted by molar-refractivity contribution is -0.168. The van der Waals surface area contributed by atoms with Crippen molar-refractivity contribution in [1.82, 2.24) is 4.90 Å². The van der Waals surface area contributed by atoms with Gasteiger partial charge in [0.05, 0.1) is 18.4 Å². The Morgan fingerprint density at radius 2 is 1.71 bits per heavy atom. The minimum absolute atomic E-state index is 0.0140. The largest absolute Gasteiger partial charge is 0.481 e. The maximum absolute atomic E-state index is 14.4. The fourth-order valence-electron chi connectivity index (χ4n) is 11.9. The number of esters is 1. The molecular weight excluding hydrogens is 514 g/mol. The van der Waals surface area contributed by atoms with Gasteiger partial charge in [-0.2, -0.15) is 0 Å². The number of aliphatic carboxylic acids is 1. The summed E-state index contributed by atoms with van der Waals surface area (Å²) in [5, 5.41) is 9.86. The maximum atomic E-state index is 14.4. The molecule has 228 valence electrons.